The van der Waals surface area contributed by atoms with Crippen LogP contribution in [-0.2, 0) is 0 Å². The summed E-state index contributed by atoms with van der Waals surface area (Å²) in [5.41, 5.74) is 2.00. The fourth-order valence-electron chi connectivity index (χ4n) is 3.72. The Morgan fingerprint density at radius 1 is 1.13 bits per heavy atom. The monoisotopic (exact) mass is 440 g/mol. The van der Waals surface area contributed by atoms with Crippen LogP contribution in [0.3, 0.4) is 0 Å². The molecule has 0 radical (unpaired) electrons. The summed E-state index contributed by atoms with van der Waals surface area (Å²) in [5, 5.41) is 3.78. The molecule has 4 rings (SSSR count). The van der Waals surface area contributed by atoms with Gasteiger partial charge in [-0.3, -0.25) is 4.99 Å². The molecule has 8 heteroatoms. The van der Waals surface area contributed by atoms with Crippen LogP contribution in [0.5, 0.6) is 5.75 Å². The lowest BCUT2D eigenvalue weighted by molar-refractivity contribution is 0.175. The number of carbonyl (C=O) groups excluding carboxylic acids is 1. The molecular weight excluding hydrogens is 415 g/mol. The largest absolute Gasteiger partial charge is 0.497 e. The van der Waals surface area contributed by atoms with Crippen molar-refractivity contribution in [1.82, 2.24) is 4.90 Å². The van der Waals surface area contributed by atoms with Gasteiger partial charge >= 0.3 is 6.03 Å². The van der Waals surface area contributed by atoms with Crippen LogP contribution in [-0.4, -0.2) is 53.3 Å². The summed E-state index contributed by atoms with van der Waals surface area (Å²) < 4.78 is 18.3. The molecule has 2 aliphatic rings. The number of anilines is 1. The summed E-state index contributed by atoms with van der Waals surface area (Å²) in [6, 6.07) is 13.5. The summed E-state index contributed by atoms with van der Waals surface area (Å²) >= 11 is 1.69. The van der Waals surface area contributed by atoms with Crippen LogP contribution in [0.25, 0.3) is 0 Å². The van der Waals surface area contributed by atoms with Gasteiger partial charge < -0.3 is 15.0 Å². The van der Waals surface area contributed by atoms with Gasteiger partial charge in [0.2, 0.25) is 0 Å². The Hall–Kier alpha value is -2.87. The number of nitrogens with zero attached hydrogens (tertiary/aromatic N) is 3. The lowest BCUT2D eigenvalue weighted by Gasteiger charge is -2.35. The molecule has 2 aromatic carbocycles. The fourth-order valence-corrected chi connectivity index (χ4v) is 4.53. The van der Waals surface area contributed by atoms with E-state index >= 15 is 0 Å². The molecule has 0 aromatic heterocycles. The number of carbonyl (C=O) groups is 1. The van der Waals surface area contributed by atoms with E-state index in [0.717, 1.165) is 27.8 Å². The van der Waals surface area contributed by atoms with Crippen LogP contribution < -0.4 is 10.1 Å². The van der Waals surface area contributed by atoms with Gasteiger partial charge in [0, 0.05) is 37.2 Å². The maximum Gasteiger partial charge on any atom is 0.321 e. The van der Waals surface area contributed by atoms with Crippen LogP contribution in [0, 0.1) is 5.82 Å². The van der Waals surface area contributed by atoms with E-state index in [1.165, 1.54) is 12.1 Å². The molecule has 31 heavy (non-hydrogen) atoms. The first-order valence-electron chi connectivity index (χ1n) is 10.3. The number of ether oxygens (including phenoxy) is 1. The zero-order valence-corrected chi connectivity index (χ0v) is 18.4. The highest BCUT2D eigenvalue weighted by molar-refractivity contribution is 8.15. The minimum absolute atomic E-state index is 0.189. The third-order valence-electron chi connectivity index (χ3n) is 5.42. The van der Waals surface area contributed by atoms with Crippen molar-refractivity contribution in [2.45, 2.75) is 25.4 Å². The molecule has 1 N–H and O–H groups in total. The number of halogens is 1. The highest BCUT2D eigenvalue weighted by Gasteiger charge is 2.40. The Morgan fingerprint density at radius 2 is 1.81 bits per heavy atom. The fraction of sp³-hybridized carbons (Fsp3) is 0.348. The summed E-state index contributed by atoms with van der Waals surface area (Å²) in [7, 11) is 1.65. The molecule has 0 unspecified atom stereocenters. The number of piperidine rings is 1. The first kappa shape index (κ1) is 21.4. The number of rotatable bonds is 4. The number of hydrogen-bond donors (Lipinski definition) is 1. The molecule has 1 spiro atoms. The van der Waals surface area contributed by atoms with Gasteiger partial charge in [0.1, 0.15) is 16.6 Å². The molecular formula is C23H25FN4O2S. The van der Waals surface area contributed by atoms with E-state index in [2.05, 4.69) is 12.2 Å². The number of benzene rings is 2. The van der Waals surface area contributed by atoms with Crippen LogP contribution in [0.2, 0.25) is 0 Å². The second kappa shape index (κ2) is 9.09. The van der Waals surface area contributed by atoms with Gasteiger partial charge in [-0.25, -0.2) is 14.2 Å². The van der Waals surface area contributed by atoms with Crippen LogP contribution in [0.1, 0.15) is 25.3 Å². The molecule has 162 valence electrons. The molecule has 2 amide bonds. The predicted octanol–water partition coefficient (Wildman–Crippen LogP) is 4.81. The molecule has 0 saturated carbocycles. The standard InChI is InChI=1S/C23H25FN4O2S/c1-3-31-21-20(16-4-10-19(30-2)11-5-16)26-23(27-21)12-14-28(15-13-23)22(29)25-18-8-6-17(24)7-9-18/h4-11H,3,12-15H2,1-2H3,(H,25,29). The molecule has 2 aromatic rings. The second-order valence-electron chi connectivity index (χ2n) is 7.45. The number of amides is 2. The van der Waals surface area contributed by atoms with E-state index in [1.807, 2.05) is 24.3 Å². The first-order chi connectivity index (χ1) is 15.0. The van der Waals surface area contributed by atoms with Crippen molar-refractivity contribution in [2.75, 3.05) is 31.3 Å². The summed E-state index contributed by atoms with van der Waals surface area (Å²) in [5.74, 6) is 1.39. The first-order valence-corrected chi connectivity index (χ1v) is 11.3. The lowest BCUT2D eigenvalue weighted by Crippen LogP contribution is -2.46. The van der Waals surface area contributed by atoms with Gasteiger partial charge in [-0.05, 0) is 54.3 Å². The Bertz CT molecular complexity index is 997. The predicted molar refractivity (Wildman–Crippen MR) is 124 cm³/mol. The minimum Gasteiger partial charge on any atom is -0.497 e. The van der Waals surface area contributed by atoms with E-state index in [4.69, 9.17) is 14.7 Å². The number of thioether (sulfide) groups is 1. The Balaban J connectivity index is 1.46. The van der Waals surface area contributed by atoms with Gasteiger partial charge in [-0.15, -0.1) is 11.8 Å². The maximum absolute atomic E-state index is 13.1. The normalized spacial score (nSPS) is 17.3. The minimum atomic E-state index is -0.514. The van der Waals surface area contributed by atoms with Crippen molar-refractivity contribution >= 4 is 34.2 Å². The number of aliphatic imine (C=N–C) groups is 2. The van der Waals surface area contributed by atoms with Gasteiger partial charge in [0.25, 0.3) is 0 Å². The average molecular weight is 441 g/mol. The third kappa shape index (κ3) is 4.74. The van der Waals surface area contributed by atoms with Gasteiger partial charge in [0.15, 0.2) is 5.66 Å². The zero-order valence-electron chi connectivity index (χ0n) is 17.6. The van der Waals surface area contributed by atoms with Gasteiger partial charge in [0.05, 0.1) is 12.8 Å². The molecule has 6 nitrogen and oxygen atoms in total. The summed E-state index contributed by atoms with van der Waals surface area (Å²) in [6.45, 7) is 3.21. The van der Waals surface area contributed by atoms with E-state index in [-0.39, 0.29) is 11.8 Å². The number of nitrogens with one attached hydrogen (secondary N) is 1. The molecule has 0 aliphatic carbocycles. The Labute approximate surface area is 185 Å². The lowest BCUT2D eigenvalue weighted by atomic mass is 9.98. The van der Waals surface area contributed by atoms with Gasteiger partial charge in [-0.1, -0.05) is 6.92 Å². The molecule has 0 atom stereocenters. The van der Waals surface area contributed by atoms with Crippen LogP contribution in [0.4, 0.5) is 14.9 Å². The molecule has 1 fully saturated rings. The third-order valence-corrected chi connectivity index (χ3v) is 6.27. The number of hydrogen-bond acceptors (Lipinski definition) is 5. The van der Waals surface area contributed by atoms with E-state index in [0.29, 0.717) is 31.6 Å². The number of likely N-dealkylation sites (tertiary alicyclic amines) is 1. The summed E-state index contributed by atoms with van der Waals surface area (Å²) in [4.78, 5) is 24.4. The number of methoxy groups -OCH3 is 1. The second-order valence-corrected chi connectivity index (χ2v) is 8.70. The van der Waals surface area contributed by atoms with Crippen molar-refractivity contribution in [1.29, 1.82) is 0 Å². The Kier molecular flexibility index (Phi) is 6.27. The topological polar surface area (TPSA) is 66.3 Å². The number of urea groups is 1. The average Bonchev–Trinajstić information content (AvgIpc) is 3.13. The quantitative estimate of drug-likeness (QED) is 0.742. The van der Waals surface area contributed by atoms with Crippen LogP contribution >= 0.6 is 11.8 Å². The smallest absolute Gasteiger partial charge is 0.321 e. The van der Waals surface area contributed by atoms with Crippen molar-refractivity contribution in [3.8, 4) is 5.75 Å². The Morgan fingerprint density at radius 3 is 2.42 bits per heavy atom. The highest BCUT2D eigenvalue weighted by atomic mass is 32.2. The van der Waals surface area contributed by atoms with Crippen LogP contribution in [0.15, 0.2) is 58.5 Å². The highest BCUT2D eigenvalue weighted by Crippen LogP contribution is 2.36. The van der Waals surface area contributed by atoms with Gasteiger partial charge in [-0.2, -0.15) is 0 Å². The molecule has 2 aliphatic heterocycles. The maximum atomic E-state index is 13.1. The van der Waals surface area contributed by atoms with Crippen molar-refractivity contribution in [3.05, 3.63) is 59.9 Å². The van der Waals surface area contributed by atoms with E-state index in [9.17, 15) is 9.18 Å². The summed E-state index contributed by atoms with van der Waals surface area (Å²) in [6.07, 6.45) is 1.33. The molecule has 1 saturated heterocycles. The van der Waals surface area contributed by atoms with Crippen molar-refractivity contribution in [2.24, 2.45) is 9.98 Å². The SMILES string of the molecule is CCSC1=NC2(CCN(C(=O)Nc3ccc(F)cc3)CC2)N=C1c1ccc(OC)cc1. The van der Waals surface area contributed by atoms with E-state index in [1.54, 1.807) is 35.9 Å². The molecule has 0 bridgehead atoms. The van der Waals surface area contributed by atoms with E-state index < -0.39 is 5.66 Å². The van der Waals surface area contributed by atoms with Crippen molar-refractivity contribution < 1.29 is 13.9 Å². The molecule has 2 heterocycles. The van der Waals surface area contributed by atoms with Crippen molar-refractivity contribution in [3.63, 3.8) is 0 Å². The zero-order chi connectivity index (χ0) is 21.8.